The van der Waals surface area contributed by atoms with Gasteiger partial charge >= 0.3 is 0 Å². The lowest BCUT2D eigenvalue weighted by Crippen LogP contribution is -2.18. The molecule has 0 N–H and O–H groups in total. The highest BCUT2D eigenvalue weighted by molar-refractivity contribution is 5.86. The van der Waals surface area contributed by atoms with Crippen LogP contribution in [-0.2, 0) is 16.0 Å². The van der Waals surface area contributed by atoms with Crippen LogP contribution >= 0.6 is 0 Å². The van der Waals surface area contributed by atoms with Gasteiger partial charge in [-0.2, -0.15) is 0 Å². The largest absolute Gasteiger partial charge is 0.366 e. The van der Waals surface area contributed by atoms with Gasteiger partial charge in [-0.3, -0.25) is 9.78 Å². The van der Waals surface area contributed by atoms with Gasteiger partial charge in [-0.25, -0.2) is 0 Å². The number of Topliss-reactive ketones (excluding diaryl/α,β-unsaturated/α-hetero) is 1. The average Bonchev–Trinajstić information content (AvgIpc) is 2.46. The summed E-state index contributed by atoms with van der Waals surface area (Å²) in [6.07, 6.45) is 3.27. The van der Waals surface area contributed by atoms with E-state index in [2.05, 4.69) is 4.98 Å². The molecule has 1 aromatic carbocycles. The van der Waals surface area contributed by atoms with Gasteiger partial charge < -0.3 is 4.74 Å². The Kier molecular flexibility index (Phi) is 4.81. The van der Waals surface area contributed by atoms with Crippen LogP contribution in [0, 0.1) is 0 Å². The molecule has 1 unspecified atom stereocenters. The van der Waals surface area contributed by atoms with Gasteiger partial charge in [0.25, 0.3) is 0 Å². The second-order valence-electron chi connectivity index (χ2n) is 4.24. The molecule has 2 aromatic rings. The number of hydrogen-bond acceptors (Lipinski definition) is 3. The molecule has 0 aliphatic heterocycles. The summed E-state index contributed by atoms with van der Waals surface area (Å²) in [6, 6.07) is 13.3. The first-order chi connectivity index (χ1) is 9.31. The summed E-state index contributed by atoms with van der Waals surface area (Å²) >= 11 is 0. The number of ether oxygens (including phenoxy) is 1. The van der Waals surface area contributed by atoms with Gasteiger partial charge in [0.05, 0.1) is 0 Å². The van der Waals surface area contributed by atoms with Gasteiger partial charge in [0, 0.05) is 25.4 Å². The predicted octanol–water partition coefficient (Wildman–Crippen LogP) is 2.97. The third kappa shape index (κ3) is 3.73. The van der Waals surface area contributed by atoms with Crippen LogP contribution < -0.4 is 0 Å². The Morgan fingerprint density at radius 1 is 1.16 bits per heavy atom. The van der Waals surface area contributed by atoms with Crippen molar-refractivity contribution in [2.75, 3.05) is 6.61 Å². The normalized spacial score (nSPS) is 12.1. The minimum Gasteiger partial charge on any atom is -0.366 e. The van der Waals surface area contributed by atoms with Gasteiger partial charge in [-0.15, -0.1) is 0 Å². The number of rotatable bonds is 6. The molecule has 0 aliphatic carbocycles. The number of pyridine rings is 1. The van der Waals surface area contributed by atoms with Crippen molar-refractivity contribution in [1.29, 1.82) is 0 Å². The van der Waals surface area contributed by atoms with Crippen LogP contribution in [0.4, 0.5) is 0 Å². The second-order valence-corrected chi connectivity index (χ2v) is 4.24. The monoisotopic (exact) mass is 255 g/mol. The molecule has 0 fully saturated rings. The van der Waals surface area contributed by atoms with E-state index in [0.29, 0.717) is 13.0 Å². The van der Waals surface area contributed by atoms with Crippen molar-refractivity contribution >= 4 is 5.78 Å². The number of carbonyl (C=O) groups is 1. The van der Waals surface area contributed by atoms with E-state index in [9.17, 15) is 4.79 Å². The number of benzene rings is 1. The predicted molar refractivity (Wildman–Crippen MR) is 73.8 cm³/mol. The molecule has 19 heavy (non-hydrogen) atoms. The Hall–Kier alpha value is -2.00. The fourth-order valence-electron chi connectivity index (χ4n) is 1.96. The summed E-state index contributed by atoms with van der Waals surface area (Å²) in [5, 5.41) is 0. The summed E-state index contributed by atoms with van der Waals surface area (Å²) < 4.78 is 5.60. The highest BCUT2D eigenvalue weighted by Gasteiger charge is 2.20. The third-order valence-corrected chi connectivity index (χ3v) is 2.86. The quantitative estimate of drug-likeness (QED) is 0.796. The Labute approximate surface area is 113 Å². The summed E-state index contributed by atoms with van der Waals surface area (Å²) in [6.45, 7) is 2.41. The second kappa shape index (κ2) is 6.81. The highest BCUT2D eigenvalue weighted by Crippen LogP contribution is 2.20. The molecule has 98 valence electrons. The summed E-state index contributed by atoms with van der Waals surface area (Å²) in [5.74, 6) is 0.0688. The number of carbonyl (C=O) groups excluding carboxylic acids is 1. The van der Waals surface area contributed by atoms with Gasteiger partial charge in [0.1, 0.15) is 6.10 Å². The van der Waals surface area contributed by atoms with Crippen molar-refractivity contribution in [2.45, 2.75) is 19.4 Å². The van der Waals surface area contributed by atoms with E-state index in [0.717, 1.165) is 11.1 Å². The van der Waals surface area contributed by atoms with E-state index < -0.39 is 6.10 Å². The Balaban J connectivity index is 2.13. The Morgan fingerprint density at radius 2 is 1.84 bits per heavy atom. The standard InChI is InChI=1S/C16H17NO2/c1-2-19-16(14-6-4-3-5-7-14)15(18)12-13-8-10-17-11-9-13/h3-11,16H,2,12H2,1H3. The van der Waals surface area contributed by atoms with Crippen molar-refractivity contribution in [3.05, 3.63) is 66.0 Å². The minimum absolute atomic E-state index is 0.0688. The molecule has 0 saturated heterocycles. The maximum absolute atomic E-state index is 12.4. The molecule has 0 radical (unpaired) electrons. The first-order valence-corrected chi connectivity index (χ1v) is 6.39. The van der Waals surface area contributed by atoms with Crippen LogP contribution in [0.2, 0.25) is 0 Å². The molecule has 1 heterocycles. The van der Waals surface area contributed by atoms with Gasteiger partial charge in [0.15, 0.2) is 5.78 Å². The number of ketones is 1. The molecule has 0 saturated carbocycles. The van der Waals surface area contributed by atoms with E-state index in [1.807, 2.05) is 49.4 Å². The molecular formula is C16H17NO2. The van der Waals surface area contributed by atoms with Gasteiger partial charge in [0.2, 0.25) is 0 Å². The van der Waals surface area contributed by atoms with Crippen LogP contribution in [0.25, 0.3) is 0 Å². The fraction of sp³-hybridized carbons (Fsp3) is 0.250. The number of aromatic nitrogens is 1. The summed E-state index contributed by atoms with van der Waals surface area (Å²) in [4.78, 5) is 16.3. The molecule has 2 rings (SSSR count). The fourth-order valence-corrected chi connectivity index (χ4v) is 1.96. The maximum Gasteiger partial charge on any atom is 0.170 e. The lowest BCUT2D eigenvalue weighted by molar-refractivity contribution is -0.130. The van der Waals surface area contributed by atoms with Crippen molar-refractivity contribution < 1.29 is 9.53 Å². The lowest BCUT2D eigenvalue weighted by Gasteiger charge is -2.16. The van der Waals surface area contributed by atoms with E-state index in [-0.39, 0.29) is 5.78 Å². The molecule has 1 atom stereocenters. The number of nitrogens with zero attached hydrogens (tertiary/aromatic N) is 1. The molecule has 3 nitrogen and oxygen atoms in total. The van der Waals surface area contributed by atoms with E-state index in [4.69, 9.17) is 4.74 Å². The van der Waals surface area contributed by atoms with Crippen molar-refractivity contribution in [1.82, 2.24) is 4.98 Å². The topological polar surface area (TPSA) is 39.2 Å². The molecule has 3 heteroatoms. The SMILES string of the molecule is CCOC(C(=O)Cc1ccncc1)c1ccccc1. The zero-order valence-electron chi connectivity index (χ0n) is 11.0. The van der Waals surface area contributed by atoms with Crippen LogP contribution in [0.1, 0.15) is 24.2 Å². The van der Waals surface area contributed by atoms with E-state index >= 15 is 0 Å². The molecule has 0 spiro atoms. The van der Waals surface area contributed by atoms with Crippen LogP contribution in [0.3, 0.4) is 0 Å². The van der Waals surface area contributed by atoms with E-state index in [1.54, 1.807) is 12.4 Å². The minimum atomic E-state index is -0.487. The summed E-state index contributed by atoms with van der Waals surface area (Å²) in [7, 11) is 0. The first-order valence-electron chi connectivity index (χ1n) is 6.39. The number of hydrogen-bond donors (Lipinski definition) is 0. The third-order valence-electron chi connectivity index (χ3n) is 2.86. The Morgan fingerprint density at radius 3 is 2.47 bits per heavy atom. The average molecular weight is 255 g/mol. The molecule has 0 amide bonds. The van der Waals surface area contributed by atoms with Crippen LogP contribution in [0.15, 0.2) is 54.9 Å². The summed E-state index contributed by atoms with van der Waals surface area (Å²) in [5.41, 5.74) is 1.86. The van der Waals surface area contributed by atoms with E-state index in [1.165, 1.54) is 0 Å². The highest BCUT2D eigenvalue weighted by atomic mass is 16.5. The van der Waals surface area contributed by atoms with Crippen LogP contribution in [0.5, 0.6) is 0 Å². The van der Waals surface area contributed by atoms with Crippen molar-refractivity contribution in [2.24, 2.45) is 0 Å². The van der Waals surface area contributed by atoms with Crippen molar-refractivity contribution in [3.8, 4) is 0 Å². The maximum atomic E-state index is 12.4. The zero-order valence-corrected chi connectivity index (χ0v) is 11.0. The lowest BCUT2D eigenvalue weighted by atomic mass is 10.0. The van der Waals surface area contributed by atoms with Crippen LogP contribution in [-0.4, -0.2) is 17.4 Å². The molecule has 1 aromatic heterocycles. The van der Waals surface area contributed by atoms with Gasteiger partial charge in [-0.05, 0) is 30.2 Å². The van der Waals surface area contributed by atoms with Crippen molar-refractivity contribution in [3.63, 3.8) is 0 Å². The Bertz CT molecular complexity index is 511. The molecule has 0 aliphatic rings. The molecular weight excluding hydrogens is 238 g/mol. The first kappa shape index (κ1) is 13.4. The molecule has 0 bridgehead atoms. The zero-order chi connectivity index (χ0) is 13.5. The van der Waals surface area contributed by atoms with Gasteiger partial charge in [-0.1, -0.05) is 30.3 Å². The smallest absolute Gasteiger partial charge is 0.170 e.